The molecule has 5 heteroatoms. The third-order valence-corrected chi connectivity index (χ3v) is 5.22. The fraction of sp³-hybridized carbons (Fsp3) is 1.00. The Morgan fingerprint density at radius 1 is 1.60 bits per heavy atom. The normalized spacial score (nSPS) is 13.8. The summed E-state index contributed by atoms with van der Waals surface area (Å²) in [6, 6.07) is 1.11. The van der Waals surface area contributed by atoms with Crippen LogP contribution < -0.4 is 0 Å². The van der Waals surface area contributed by atoms with Crippen LogP contribution in [0.3, 0.4) is 0 Å². The maximum absolute atomic E-state index is 5.41. The number of thiol groups is 1. The maximum atomic E-state index is 5.41. The van der Waals surface area contributed by atoms with Crippen LogP contribution in [0.4, 0.5) is 0 Å². The minimum Gasteiger partial charge on any atom is -0.447 e. The lowest BCUT2D eigenvalue weighted by Gasteiger charge is -2.11. The van der Waals surface area contributed by atoms with Crippen LogP contribution in [0.1, 0.15) is 13.3 Å². The number of hydrogen-bond acceptors (Lipinski definition) is 3. The minimum absolute atomic E-state index is 0.797. The van der Waals surface area contributed by atoms with Crippen molar-refractivity contribution >= 4 is 32.4 Å². The van der Waals surface area contributed by atoms with Gasteiger partial charge in [-0.2, -0.15) is 12.6 Å². The largest absolute Gasteiger partial charge is 0.447 e. The quantitative estimate of drug-likeness (QED) is 0.471. The minimum atomic E-state index is -1.22. The van der Waals surface area contributed by atoms with Crippen molar-refractivity contribution in [2.75, 3.05) is 12.4 Å². The average molecular weight is 196 g/mol. The molecule has 0 aromatic heterocycles. The molecule has 0 saturated carbocycles. The predicted octanol–water partition coefficient (Wildman–Crippen LogP) is -0.140. The van der Waals surface area contributed by atoms with Crippen LogP contribution in [0, 0.1) is 0 Å². The van der Waals surface area contributed by atoms with Gasteiger partial charge in [0.25, 0.3) is 0 Å². The monoisotopic (exact) mass is 196 g/mol. The zero-order valence-corrected chi connectivity index (χ0v) is 10.7. The molecule has 0 aliphatic heterocycles. The van der Waals surface area contributed by atoms with Gasteiger partial charge in [-0.1, -0.05) is 0 Å². The van der Waals surface area contributed by atoms with Gasteiger partial charge in [0.2, 0.25) is 0 Å². The van der Waals surface area contributed by atoms with Crippen LogP contribution in [0.25, 0.3) is 0 Å². The van der Waals surface area contributed by atoms with E-state index in [1.807, 2.05) is 6.92 Å². The molecule has 1 atom stereocenters. The Balaban J connectivity index is 3.21. The SMILES string of the molecule is CCO[SiH](CCCS)O[SiH3]. The Hall–Kier alpha value is 0.704. The molecular weight excluding hydrogens is 180 g/mol. The van der Waals surface area contributed by atoms with Crippen LogP contribution in [0.5, 0.6) is 0 Å². The molecule has 1 unspecified atom stereocenters. The van der Waals surface area contributed by atoms with Crippen molar-refractivity contribution in [2.24, 2.45) is 0 Å². The maximum Gasteiger partial charge on any atom is 0.310 e. The van der Waals surface area contributed by atoms with Crippen molar-refractivity contribution in [1.82, 2.24) is 0 Å². The van der Waals surface area contributed by atoms with Gasteiger partial charge in [-0.15, -0.1) is 0 Å². The molecule has 0 aliphatic carbocycles. The van der Waals surface area contributed by atoms with E-state index in [1.165, 1.54) is 0 Å². The molecule has 0 aromatic carbocycles. The molecule has 2 nitrogen and oxygen atoms in total. The summed E-state index contributed by atoms with van der Waals surface area (Å²) in [5.74, 6) is 0.946. The summed E-state index contributed by atoms with van der Waals surface area (Å²) in [5, 5.41) is 0. The van der Waals surface area contributed by atoms with Crippen molar-refractivity contribution < 1.29 is 8.54 Å². The molecule has 0 fully saturated rings. The van der Waals surface area contributed by atoms with Gasteiger partial charge in [-0.25, -0.2) is 0 Å². The zero-order valence-electron chi connectivity index (χ0n) is 6.67. The molecule has 0 heterocycles. The zero-order chi connectivity index (χ0) is 7.82. The molecule has 0 saturated heterocycles. The topological polar surface area (TPSA) is 18.5 Å². The van der Waals surface area contributed by atoms with E-state index in [1.54, 1.807) is 0 Å². The first-order chi connectivity index (χ1) is 4.85. The fourth-order valence-corrected chi connectivity index (χ4v) is 3.80. The summed E-state index contributed by atoms with van der Waals surface area (Å²) in [7, 11) is -0.403. The van der Waals surface area contributed by atoms with Gasteiger partial charge in [-0.3, -0.25) is 0 Å². The molecule has 10 heavy (non-hydrogen) atoms. The molecule has 0 aromatic rings. The average Bonchev–Trinajstić information content (AvgIpc) is 1.98. The molecule has 62 valence electrons. The summed E-state index contributed by atoms with van der Waals surface area (Å²) >= 11 is 4.12. The summed E-state index contributed by atoms with van der Waals surface area (Å²) in [4.78, 5) is 0. The second-order valence-electron chi connectivity index (χ2n) is 1.99. The van der Waals surface area contributed by atoms with E-state index in [2.05, 4.69) is 12.6 Å². The van der Waals surface area contributed by atoms with Gasteiger partial charge in [0, 0.05) is 6.61 Å². The second kappa shape index (κ2) is 7.81. The number of hydrogen-bond donors (Lipinski definition) is 1. The smallest absolute Gasteiger partial charge is 0.310 e. The standard InChI is InChI=1S/C5H16O2SSi2/c1-2-6-10(7-9)5-3-4-8/h8,10H,2-5H2,1,9H3. The molecule has 0 bridgehead atoms. The van der Waals surface area contributed by atoms with E-state index < -0.39 is 9.28 Å². The van der Waals surface area contributed by atoms with E-state index in [0.29, 0.717) is 0 Å². The van der Waals surface area contributed by atoms with E-state index in [0.717, 1.165) is 35.3 Å². The van der Waals surface area contributed by atoms with Gasteiger partial charge in [-0.05, 0) is 25.1 Å². The van der Waals surface area contributed by atoms with Crippen LogP contribution in [0.15, 0.2) is 0 Å². The Labute approximate surface area is 73.1 Å². The van der Waals surface area contributed by atoms with Gasteiger partial charge in [0.1, 0.15) is 10.5 Å². The Morgan fingerprint density at radius 2 is 2.30 bits per heavy atom. The summed E-state index contributed by atoms with van der Waals surface area (Å²) in [6.07, 6.45) is 1.13. The van der Waals surface area contributed by atoms with Gasteiger partial charge in [0.05, 0.1) is 0 Å². The lowest BCUT2D eigenvalue weighted by Crippen LogP contribution is -2.21. The van der Waals surface area contributed by atoms with E-state index in [-0.39, 0.29) is 0 Å². The number of rotatable bonds is 6. The molecule has 0 aliphatic rings. The molecular formula is C5H16O2SSi2. The molecule has 0 N–H and O–H groups in total. The Kier molecular flexibility index (Phi) is 8.36. The van der Waals surface area contributed by atoms with Gasteiger partial charge >= 0.3 is 9.28 Å². The summed E-state index contributed by atoms with van der Waals surface area (Å²) in [5.41, 5.74) is 0. The second-order valence-corrected chi connectivity index (χ2v) is 6.09. The third kappa shape index (κ3) is 5.49. The Bertz CT molecular complexity index is 74.7. The van der Waals surface area contributed by atoms with E-state index in [9.17, 15) is 0 Å². The summed E-state index contributed by atoms with van der Waals surface area (Å²) < 4.78 is 10.7. The molecule has 0 radical (unpaired) electrons. The highest BCUT2D eigenvalue weighted by Crippen LogP contribution is 2.00. The Morgan fingerprint density at radius 3 is 2.70 bits per heavy atom. The first kappa shape index (κ1) is 10.7. The van der Waals surface area contributed by atoms with Gasteiger partial charge in [0.15, 0.2) is 0 Å². The molecule has 0 spiro atoms. The lowest BCUT2D eigenvalue weighted by atomic mass is 10.6. The highest BCUT2D eigenvalue weighted by Gasteiger charge is 2.07. The molecule has 0 rings (SSSR count). The van der Waals surface area contributed by atoms with E-state index in [4.69, 9.17) is 8.54 Å². The fourth-order valence-electron chi connectivity index (χ4n) is 0.713. The van der Waals surface area contributed by atoms with Crippen LogP contribution >= 0.6 is 12.6 Å². The van der Waals surface area contributed by atoms with Crippen LogP contribution in [-0.4, -0.2) is 32.1 Å². The highest BCUT2D eigenvalue weighted by molar-refractivity contribution is 7.80. The molecule has 0 amide bonds. The van der Waals surface area contributed by atoms with Crippen LogP contribution in [-0.2, 0) is 8.54 Å². The van der Waals surface area contributed by atoms with Crippen LogP contribution in [0.2, 0.25) is 6.04 Å². The summed E-state index contributed by atoms with van der Waals surface area (Å²) in [6.45, 7) is 2.81. The third-order valence-electron chi connectivity index (χ3n) is 1.21. The van der Waals surface area contributed by atoms with Crippen molar-refractivity contribution in [3.63, 3.8) is 0 Å². The van der Waals surface area contributed by atoms with Crippen molar-refractivity contribution in [3.05, 3.63) is 0 Å². The van der Waals surface area contributed by atoms with Gasteiger partial charge < -0.3 is 8.54 Å². The van der Waals surface area contributed by atoms with Crippen molar-refractivity contribution in [3.8, 4) is 0 Å². The lowest BCUT2D eigenvalue weighted by molar-refractivity contribution is 0.287. The van der Waals surface area contributed by atoms with Crippen molar-refractivity contribution in [1.29, 1.82) is 0 Å². The first-order valence-electron chi connectivity index (χ1n) is 3.60. The first-order valence-corrected chi connectivity index (χ1v) is 6.81. The predicted molar refractivity (Wildman–Crippen MR) is 53.1 cm³/mol. The van der Waals surface area contributed by atoms with Crippen molar-refractivity contribution in [2.45, 2.75) is 19.4 Å². The van der Waals surface area contributed by atoms with E-state index >= 15 is 0 Å². The highest BCUT2D eigenvalue weighted by atomic mass is 32.1.